The first-order valence-electron chi connectivity index (χ1n) is 6.51. The number of nitrogen functional groups attached to an aromatic ring is 1. The lowest BCUT2D eigenvalue weighted by atomic mass is 9.95. The number of carbonyl (C=O) groups is 1. The average Bonchev–Trinajstić information content (AvgIpc) is 3.31. The molecule has 1 saturated carbocycles. The van der Waals surface area contributed by atoms with Gasteiger partial charge in [0.15, 0.2) is 5.78 Å². The molecule has 2 aromatic rings. The van der Waals surface area contributed by atoms with Crippen LogP contribution in [0.4, 0.5) is 5.69 Å². The van der Waals surface area contributed by atoms with E-state index in [4.69, 9.17) is 5.73 Å². The lowest BCUT2D eigenvalue weighted by Gasteiger charge is -2.15. The summed E-state index contributed by atoms with van der Waals surface area (Å²) in [4.78, 5) is 13.2. The number of carbonyl (C=O) groups excluding carboxylic acids is 1. The molecule has 3 rings (SSSR count). The Morgan fingerprint density at radius 2 is 2.00 bits per heavy atom. The largest absolute Gasteiger partial charge is 0.398 e. The lowest BCUT2D eigenvalue weighted by Crippen LogP contribution is -2.10. The minimum atomic E-state index is 0.0918. The van der Waals surface area contributed by atoms with Gasteiger partial charge >= 0.3 is 0 Å². The summed E-state index contributed by atoms with van der Waals surface area (Å²) in [6, 6.07) is 9.76. The highest BCUT2D eigenvalue weighted by Crippen LogP contribution is 2.42. The van der Waals surface area contributed by atoms with Crippen LogP contribution in [0.1, 0.15) is 28.8 Å². The van der Waals surface area contributed by atoms with Crippen molar-refractivity contribution >= 4 is 34.0 Å². The first-order valence-corrected chi connectivity index (χ1v) is 7.74. The van der Waals surface area contributed by atoms with E-state index in [0.717, 1.165) is 28.5 Å². The third-order valence-corrected chi connectivity index (χ3v) is 4.54. The van der Waals surface area contributed by atoms with Gasteiger partial charge in [0.25, 0.3) is 0 Å². The molecule has 2 N–H and O–H groups in total. The van der Waals surface area contributed by atoms with E-state index in [9.17, 15) is 10.1 Å². The molecule has 1 aliphatic carbocycles. The maximum absolute atomic E-state index is 12.5. The third kappa shape index (κ3) is 1.86. The number of rotatable bonds is 3. The van der Waals surface area contributed by atoms with E-state index in [0.29, 0.717) is 16.8 Å². The number of anilines is 1. The number of nitrogens with zero attached hydrogens (tertiary/aromatic N) is 1. The van der Waals surface area contributed by atoms with Gasteiger partial charge in [0.1, 0.15) is 6.07 Å². The predicted molar refractivity (Wildman–Crippen MR) is 81.9 cm³/mol. The Balaban J connectivity index is 2.41. The summed E-state index contributed by atoms with van der Waals surface area (Å²) in [7, 11) is 0. The Labute approximate surface area is 121 Å². The van der Waals surface area contributed by atoms with Crippen LogP contribution in [0, 0.1) is 17.2 Å². The summed E-state index contributed by atoms with van der Waals surface area (Å²) in [6.45, 7) is 0. The van der Waals surface area contributed by atoms with Gasteiger partial charge in [-0.1, -0.05) is 24.3 Å². The van der Waals surface area contributed by atoms with Crippen molar-refractivity contribution in [2.45, 2.75) is 17.7 Å². The van der Waals surface area contributed by atoms with Gasteiger partial charge in [0, 0.05) is 21.6 Å². The van der Waals surface area contributed by atoms with E-state index >= 15 is 0 Å². The van der Waals surface area contributed by atoms with Crippen molar-refractivity contribution < 1.29 is 4.79 Å². The van der Waals surface area contributed by atoms with Crippen molar-refractivity contribution in [1.82, 2.24) is 0 Å². The molecule has 0 atom stereocenters. The fraction of sp³-hybridized carbons (Fsp3) is 0.250. The molecule has 0 amide bonds. The number of fused-ring (bicyclic) bond motifs is 1. The summed E-state index contributed by atoms with van der Waals surface area (Å²) >= 11 is 1.43. The molecule has 2 aromatic carbocycles. The van der Waals surface area contributed by atoms with E-state index in [2.05, 4.69) is 6.07 Å². The first kappa shape index (κ1) is 13.0. The number of Topliss-reactive ketones (excluding diaryl/α,β-unsaturated/α-hetero) is 1. The fourth-order valence-corrected chi connectivity index (χ4v) is 3.32. The van der Waals surface area contributed by atoms with Crippen LogP contribution in [0.15, 0.2) is 29.2 Å². The molecule has 0 aliphatic heterocycles. The Hall–Kier alpha value is -1.99. The molecular formula is C16H14N2OS. The molecule has 0 spiro atoms. The van der Waals surface area contributed by atoms with E-state index in [-0.39, 0.29) is 11.7 Å². The molecule has 20 heavy (non-hydrogen) atoms. The normalized spacial score (nSPS) is 14.2. The van der Waals surface area contributed by atoms with Gasteiger partial charge < -0.3 is 5.73 Å². The summed E-state index contributed by atoms with van der Waals surface area (Å²) in [5.74, 6) is 0.185. The molecule has 3 nitrogen and oxygen atoms in total. The molecule has 0 saturated heterocycles. The molecule has 0 heterocycles. The van der Waals surface area contributed by atoms with E-state index in [1.807, 2.05) is 30.5 Å². The number of benzene rings is 2. The smallest absolute Gasteiger partial charge is 0.169 e. The zero-order valence-electron chi connectivity index (χ0n) is 11.1. The second kappa shape index (κ2) is 4.84. The first-order chi connectivity index (χ1) is 9.69. The summed E-state index contributed by atoms with van der Waals surface area (Å²) in [5.41, 5.74) is 7.87. The predicted octanol–water partition coefficient (Wildman–Crippen LogP) is 3.61. The van der Waals surface area contributed by atoms with E-state index < -0.39 is 0 Å². The van der Waals surface area contributed by atoms with Gasteiger partial charge in [-0.05, 0) is 19.1 Å². The zero-order valence-corrected chi connectivity index (χ0v) is 12.0. The maximum atomic E-state index is 12.5. The second-order valence-electron chi connectivity index (χ2n) is 4.99. The van der Waals surface area contributed by atoms with Crippen LogP contribution >= 0.6 is 11.8 Å². The fourth-order valence-electron chi connectivity index (χ4n) is 2.55. The minimum absolute atomic E-state index is 0.0918. The molecule has 0 aromatic heterocycles. The summed E-state index contributed by atoms with van der Waals surface area (Å²) in [6.07, 6.45) is 3.75. The molecule has 0 unspecified atom stereocenters. The second-order valence-corrected chi connectivity index (χ2v) is 5.81. The van der Waals surface area contributed by atoms with Crippen LogP contribution in [-0.4, -0.2) is 12.0 Å². The zero-order chi connectivity index (χ0) is 14.3. The van der Waals surface area contributed by atoms with Crippen molar-refractivity contribution in [2.24, 2.45) is 5.92 Å². The lowest BCUT2D eigenvalue weighted by molar-refractivity contribution is 0.0966. The maximum Gasteiger partial charge on any atom is 0.169 e. The number of thioether (sulfide) groups is 1. The highest BCUT2D eigenvalue weighted by molar-refractivity contribution is 7.98. The monoisotopic (exact) mass is 282 g/mol. The molecule has 4 heteroatoms. The quantitative estimate of drug-likeness (QED) is 0.530. The Kier molecular flexibility index (Phi) is 3.15. The number of ketones is 1. The van der Waals surface area contributed by atoms with Gasteiger partial charge in [-0.2, -0.15) is 5.26 Å². The van der Waals surface area contributed by atoms with Crippen LogP contribution in [0.5, 0.6) is 0 Å². The van der Waals surface area contributed by atoms with Crippen LogP contribution in [-0.2, 0) is 0 Å². The van der Waals surface area contributed by atoms with E-state index in [1.165, 1.54) is 11.8 Å². The number of nitriles is 1. The highest BCUT2D eigenvalue weighted by Gasteiger charge is 2.34. The van der Waals surface area contributed by atoms with Crippen LogP contribution in [0.3, 0.4) is 0 Å². The highest BCUT2D eigenvalue weighted by atomic mass is 32.2. The SMILES string of the molecule is CSc1c(C(=O)C2CC2)c(N)c2ccccc2c1C#N. The van der Waals surface area contributed by atoms with Crippen molar-refractivity contribution in [1.29, 1.82) is 5.26 Å². The van der Waals surface area contributed by atoms with Crippen LogP contribution in [0.25, 0.3) is 10.8 Å². The Morgan fingerprint density at radius 3 is 2.55 bits per heavy atom. The van der Waals surface area contributed by atoms with Crippen molar-refractivity contribution in [3.63, 3.8) is 0 Å². The summed E-state index contributed by atoms with van der Waals surface area (Å²) in [5, 5.41) is 11.1. The number of hydrogen-bond donors (Lipinski definition) is 1. The molecule has 1 aliphatic rings. The van der Waals surface area contributed by atoms with Gasteiger partial charge in [-0.15, -0.1) is 11.8 Å². The molecule has 0 radical (unpaired) electrons. The number of nitrogens with two attached hydrogens (primary N) is 1. The van der Waals surface area contributed by atoms with Gasteiger partial charge in [0.05, 0.1) is 16.8 Å². The average molecular weight is 282 g/mol. The van der Waals surface area contributed by atoms with Crippen molar-refractivity contribution in [3.05, 3.63) is 35.4 Å². The van der Waals surface area contributed by atoms with Crippen LogP contribution in [0.2, 0.25) is 0 Å². The van der Waals surface area contributed by atoms with Crippen molar-refractivity contribution in [3.8, 4) is 6.07 Å². The topological polar surface area (TPSA) is 66.9 Å². The minimum Gasteiger partial charge on any atom is -0.398 e. The van der Waals surface area contributed by atoms with Gasteiger partial charge in [0.2, 0.25) is 0 Å². The third-order valence-electron chi connectivity index (χ3n) is 3.72. The Morgan fingerprint density at radius 1 is 1.35 bits per heavy atom. The molecule has 0 bridgehead atoms. The Bertz CT molecular complexity index is 757. The molecule has 100 valence electrons. The molecule has 1 fully saturated rings. The van der Waals surface area contributed by atoms with Gasteiger partial charge in [-0.3, -0.25) is 4.79 Å². The van der Waals surface area contributed by atoms with Crippen molar-refractivity contribution in [2.75, 3.05) is 12.0 Å². The molecular weight excluding hydrogens is 268 g/mol. The standard InChI is InChI=1S/C16H14N2OS/c1-20-16-12(8-17)10-4-2-3-5-11(10)14(18)13(16)15(19)9-6-7-9/h2-5,9H,6-7,18H2,1H3. The van der Waals surface area contributed by atoms with E-state index in [1.54, 1.807) is 0 Å². The number of hydrogen-bond acceptors (Lipinski definition) is 4. The van der Waals surface area contributed by atoms with Crippen LogP contribution < -0.4 is 5.73 Å². The summed E-state index contributed by atoms with van der Waals surface area (Å²) < 4.78 is 0. The van der Waals surface area contributed by atoms with Gasteiger partial charge in [-0.25, -0.2) is 0 Å².